The van der Waals surface area contributed by atoms with Crippen molar-refractivity contribution in [3.05, 3.63) is 35.2 Å². The van der Waals surface area contributed by atoms with Crippen LogP contribution in [-0.2, 0) is 11.2 Å². The molecule has 2 aromatic rings. The molecule has 4 atom stereocenters. The number of hydrogen-bond donors (Lipinski definition) is 1. The van der Waals surface area contributed by atoms with Crippen molar-refractivity contribution in [2.75, 3.05) is 0 Å². The molecule has 0 amide bonds. The third-order valence-corrected chi connectivity index (χ3v) is 5.65. The molecule has 0 saturated carbocycles. The summed E-state index contributed by atoms with van der Waals surface area (Å²) in [5.74, 6) is 0.345. The number of fused-ring (bicyclic) bond motifs is 3. The van der Waals surface area contributed by atoms with E-state index in [0.717, 1.165) is 19.3 Å². The summed E-state index contributed by atoms with van der Waals surface area (Å²) in [6.07, 6.45) is 4.61. The molecule has 1 aromatic heterocycles. The van der Waals surface area contributed by atoms with E-state index in [9.17, 15) is 5.11 Å². The van der Waals surface area contributed by atoms with E-state index in [4.69, 9.17) is 4.74 Å². The SMILES string of the molecule is OC(Cc1csc2ccccc12)C1CC2CCC1O2. The maximum atomic E-state index is 10.5. The summed E-state index contributed by atoms with van der Waals surface area (Å²) in [5, 5.41) is 14.0. The Kier molecular flexibility index (Phi) is 2.87. The molecule has 1 N–H and O–H groups in total. The van der Waals surface area contributed by atoms with Gasteiger partial charge in [0.15, 0.2) is 0 Å². The van der Waals surface area contributed by atoms with Crippen LogP contribution in [0.5, 0.6) is 0 Å². The van der Waals surface area contributed by atoms with Crippen LogP contribution in [0.1, 0.15) is 24.8 Å². The molecule has 0 aliphatic carbocycles. The van der Waals surface area contributed by atoms with Crippen LogP contribution in [0.15, 0.2) is 29.6 Å². The zero-order valence-electron chi connectivity index (χ0n) is 10.8. The Morgan fingerprint density at radius 3 is 3.00 bits per heavy atom. The highest BCUT2D eigenvalue weighted by atomic mass is 32.1. The summed E-state index contributed by atoms with van der Waals surface area (Å²) in [6.45, 7) is 0. The van der Waals surface area contributed by atoms with Crippen molar-refractivity contribution in [3.8, 4) is 0 Å². The third kappa shape index (κ3) is 2.00. The summed E-state index contributed by atoms with van der Waals surface area (Å²) in [7, 11) is 0. The van der Waals surface area contributed by atoms with Gasteiger partial charge in [0.1, 0.15) is 0 Å². The molecule has 19 heavy (non-hydrogen) atoms. The molecule has 2 fully saturated rings. The lowest BCUT2D eigenvalue weighted by molar-refractivity contribution is 0.0433. The third-order valence-electron chi connectivity index (χ3n) is 4.64. The molecular weight excluding hydrogens is 256 g/mol. The van der Waals surface area contributed by atoms with Gasteiger partial charge in [0.25, 0.3) is 0 Å². The molecule has 4 rings (SSSR count). The Morgan fingerprint density at radius 2 is 2.21 bits per heavy atom. The molecule has 2 aliphatic heterocycles. The lowest BCUT2D eigenvalue weighted by Crippen LogP contribution is -2.30. The van der Waals surface area contributed by atoms with Crippen molar-refractivity contribution in [2.45, 2.75) is 44.0 Å². The van der Waals surface area contributed by atoms with Crippen LogP contribution < -0.4 is 0 Å². The van der Waals surface area contributed by atoms with Gasteiger partial charge < -0.3 is 9.84 Å². The van der Waals surface area contributed by atoms with Crippen LogP contribution in [0, 0.1) is 5.92 Å². The Hall–Kier alpha value is -0.900. The highest BCUT2D eigenvalue weighted by Crippen LogP contribution is 2.41. The monoisotopic (exact) mass is 274 g/mol. The van der Waals surface area contributed by atoms with Crippen molar-refractivity contribution in [2.24, 2.45) is 5.92 Å². The second kappa shape index (κ2) is 4.58. The highest BCUT2D eigenvalue weighted by molar-refractivity contribution is 7.17. The summed E-state index contributed by atoms with van der Waals surface area (Å²) in [5.41, 5.74) is 1.29. The predicted octanol–water partition coefficient (Wildman–Crippen LogP) is 3.37. The molecule has 3 heterocycles. The number of aliphatic hydroxyl groups excluding tert-OH is 1. The van der Waals surface area contributed by atoms with E-state index in [1.54, 1.807) is 11.3 Å². The number of thiophene rings is 1. The first-order chi connectivity index (χ1) is 9.31. The number of benzene rings is 1. The molecule has 1 aromatic carbocycles. The minimum atomic E-state index is -0.256. The minimum Gasteiger partial charge on any atom is -0.392 e. The van der Waals surface area contributed by atoms with E-state index in [-0.39, 0.29) is 6.10 Å². The Morgan fingerprint density at radius 1 is 1.32 bits per heavy atom. The Labute approximate surface area is 117 Å². The first-order valence-electron chi connectivity index (χ1n) is 7.10. The molecule has 0 radical (unpaired) electrons. The van der Waals surface area contributed by atoms with E-state index < -0.39 is 0 Å². The van der Waals surface area contributed by atoms with Crippen molar-refractivity contribution in [1.29, 1.82) is 0 Å². The summed E-state index contributed by atoms with van der Waals surface area (Å²) >= 11 is 1.77. The van der Waals surface area contributed by atoms with E-state index >= 15 is 0 Å². The van der Waals surface area contributed by atoms with Gasteiger partial charge in [0, 0.05) is 17.0 Å². The van der Waals surface area contributed by atoms with E-state index in [1.807, 2.05) is 0 Å². The molecule has 2 nitrogen and oxygen atoms in total. The lowest BCUT2D eigenvalue weighted by Gasteiger charge is -2.24. The van der Waals surface area contributed by atoms with Gasteiger partial charge in [-0.05, 0) is 41.7 Å². The number of aliphatic hydroxyl groups is 1. The molecule has 3 heteroatoms. The van der Waals surface area contributed by atoms with E-state index in [0.29, 0.717) is 18.1 Å². The topological polar surface area (TPSA) is 29.5 Å². The smallest absolute Gasteiger partial charge is 0.0634 e. The zero-order valence-corrected chi connectivity index (χ0v) is 11.6. The average molecular weight is 274 g/mol. The Balaban J connectivity index is 1.54. The standard InChI is InChI=1S/C16H18O2S/c17-14(13-8-11-5-6-15(13)18-11)7-10-9-19-16-4-2-1-3-12(10)16/h1-4,9,11,13-15,17H,5-8H2. The fraction of sp³-hybridized carbons (Fsp3) is 0.500. The van der Waals surface area contributed by atoms with Gasteiger partial charge in [-0.3, -0.25) is 0 Å². The van der Waals surface area contributed by atoms with E-state index in [1.165, 1.54) is 22.1 Å². The highest BCUT2D eigenvalue weighted by Gasteiger charge is 2.43. The summed E-state index contributed by atoms with van der Waals surface area (Å²) in [4.78, 5) is 0. The largest absolute Gasteiger partial charge is 0.392 e. The molecule has 2 bridgehead atoms. The van der Waals surface area contributed by atoms with Gasteiger partial charge >= 0.3 is 0 Å². The average Bonchev–Trinajstić information content (AvgIpc) is 3.14. The van der Waals surface area contributed by atoms with Gasteiger partial charge in [0.2, 0.25) is 0 Å². The molecule has 100 valence electrons. The van der Waals surface area contributed by atoms with E-state index in [2.05, 4.69) is 29.6 Å². The fourth-order valence-corrected chi connectivity index (χ4v) is 4.63. The lowest BCUT2D eigenvalue weighted by atomic mass is 9.83. The van der Waals surface area contributed by atoms with Gasteiger partial charge in [-0.1, -0.05) is 18.2 Å². The zero-order chi connectivity index (χ0) is 12.8. The number of rotatable bonds is 3. The fourth-order valence-electron chi connectivity index (χ4n) is 3.65. The van der Waals surface area contributed by atoms with Crippen LogP contribution in [0.25, 0.3) is 10.1 Å². The van der Waals surface area contributed by atoms with Gasteiger partial charge in [0.05, 0.1) is 18.3 Å². The maximum Gasteiger partial charge on any atom is 0.0634 e. The van der Waals surface area contributed by atoms with Gasteiger partial charge in [-0.2, -0.15) is 0 Å². The van der Waals surface area contributed by atoms with Crippen molar-refractivity contribution in [1.82, 2.24) is 0 Å². The second-order valence-corrected chi connectivity index (χ2v) is 6.71. The molecule has 4 unspecified atom stereocenters. The summed E-state index contributed by atoms with van der Waals surface area (Å²) in [6, 6.07) is 8.45. The normalized spacial score (nSPS) is 31.1. The van der Waals surface area contributed by atoms with Crippen LogP contribution in [0.4, 0.5) is 0 Å². The van der Waals surface area contributed by atoms with Crippen LogP contribution in [-0.4, -0.2) is 23.4 Å². The van der Waals surface area contributed by atoms with Crippen LogP contribution in [0.3, 0.4) is 0 Å². The van der Waals surface area contributed by atoms with Crippen molar-refractivity contribution < 1.29 is 9.84 Å². The molecule has 2 aliphatic rings. The van der Waals surface area contributed by atoms with Crippen molar-refractivity contribution in [3.63, 3.8) is 0 Å². The molecule has 2 saturated heterocycles. The van der Waals surface area contributed by atoms with Crippen LogP contribution >= 0.6 is 11.3 Å². The summed E-state index contributed by atoms with van der Waals surface area (Å²) < 4.78 is 7.17. The Bertz CT molecular complexity index is 591. The van der Waals surface area contributed by atoms with Crippen molar-refractivity contribution >= 4 is 21.4 Å². The quantitative estimate of drug-likeness (QED) is 0.930. The van der Waals surface area contributed by atoms with Gasteiger partial charge in [-0.25, -0.2) is 0 Å². The first-order valence-corrected chi connectivity index (χ1v) is 7.98. The number of ether oxygens (including phenoxy) is 1. The minimum absolute atomic E-state index is 0.256. The number of hydrogen-bond acceptors (Lipinski definition) is 3. The second-order valence-electron chi connectivity index (χ2n) is 5.80. The maximum absolute atomic E-state index is 10.5. The predicted molar refractivity (Wildman–Crippen MR) is 77.5 cm³/mol. The van der Waals surface area contributed by atoms with Gasteiger partial charge in [-0.15, -0.1) is 11.3 Å². The first kappa shape index (κ1) is 11.9. The van der Waals surface area contributed by atoms with Crippen LogP contribution in [0.2, 0.25) is 0 Å². The molecule has 0 spiro atoms. The molecular formula is C16H18O2S.